The van der Waals surface area contributed by atoms with Gasteiger partial charge in [-0.05, 0) is 36.1 Å². The molecule has 4 heterocycles. The van der Waals surface area contributed by atoms with Gasteiger partial charge in [0.25, 0.3) is 5.91 Å². The van der Waals surface area contributed by atoms with Crippen LogP contribution in [0.4, 0.5) is 5.82 Å². The summed E-state index contributed by atoms with van der Waals surface area (Å²) in [4.78, 5) is 36.4. The van der Waals surface area contributed by atoms with Gasteiger partial charge in [0, 0.05) is 42.8 Å². The van der Waals surface area contributed by atoms with E-state index in [4.69, 9.17) is 14.8 Å². The van der Waals surface area contributed by atoms with Crippen LogP contribution in [0.1, 0.15) is 28.8 Å². The Morgan fingerprint density at radius 2 is 1.77 bits per heavy atom. The molecule has 6 rings (SSSR count). The molecule has 1 saturated heterocycles. The Labute approximate surface area is 231 Å². The second-order valence-electron chi connectivity index (χ2n) is 9.65. The molecular formula is C31H28N6O3. The molecule has 0 spiro atoms. The zero-order valence-corrected chi connectivity index (χ0v) is 22.0. The highest BCUT2D eigenvalue weighted by Gasteiger charge is 2.35. The summed E-state index contributed by atoms with van der Waals surface area (Å²) in [5.41, 5.74) is 5.00. The first-order valence-corrected chi connectivity index (χ1v) is 13.2. The number of carbonyl (C=O) groups excluding carboxylic acids is 2. The summed E-state index contributed by atoms with van der Waals surface area (Å²) < 4.78 is 6.71. The van der Waals surface area contributed by atoms with Gasteiger partial charge in [-0.2, -0.15) is 0 Å². The number of esters is 1. The number of methoxy groups -OCH3 is 1. The van der Waals surface area contributed by atoms with Gasteiger partial charge < -0.3 is 15.0 Å². The maximum atomic E-state index is 13.4. The molecule has 0 saturated carbocycles. The molecular weight excluding hydrogens is 504 g/mol. The standard InChI is InChI=1S/C31H28N6O3/c1-40-31(39)26-13-8-15-36(26)30(38)24-17-23(19-32-20-24)28-34-29(33-18-21-9-4-2-5-10-21)27-25(14-16-37(27)35-28)22-11-6-3-7-12-22/h2-7,9-12,14,16-17,19-20,26H,8,13,15,18H2,1H3,(H,33,34,35). The highest BCUT2D eigenvalue weighted by molar-refractivity contribution is 5.98. The van der Waals surface area contributed by atoms with Gasteiger partial charge in [0.05, 0.1) is 12.7 Å². The van der Waals surface area contributed by atoms with Crippen LogP contribution in [0.2, 0.25) is 0 Å². The molecule has 0 radical (unpaired) electrons. The predicted octanol–water partition coefficient (Wildman–Crippen LogP) is 4.85. The second-order valence-corrected chi connectivity index (χ2v) is 9.65. The van der Waals surface area contributed by atoms with E-state index < -0.39 is 12.0 Å². The average molecular weight is 533 g/mol. The van der Waals surface area contributed by atoms with E-state index in [9.17, 15) is 9.59 Å². The van der Waals surface area contributed by atoms with Crippen LogP contribution in [0.3, 0.4) is 0 Å². The first-order valence-electron chi connectivity index (χ1n) is 13.2. The number of fused-ring (bicyclic) bond motifs is 1. The van der Waals surface area contributed by atoms with Crippen molar-refractivity contribution in [2.75, 3.05) is 19.0 Å². The molecule has 1 fully saturated rings. The SMILES string of the molecule is COC(=O)C1CCCN1C(=O)c1cncc(-c2nc(NCc3ccccc3)c3c(-c4ccccc4)ccn3n2)c1. The number of nitrogens with zero attached hydrogens (tertiary/aromatic N) is 5. The van der Waals surface area contributed by atoms with Crippen molar-refractivity contribution in [2.24, 2.45) is 0 Å². The van der Waals surface area contributed by atoms with Crippen LogP contribution in [-0.2, 0) is 16.1 Å². The van der Waals surface area contributed by atoms with Crippen LogP contribution in [-0.4, -0.2) is 56.1 Å². The molecule has 5 aromatic rings. The number of hydrogen-bond donors (Lipinski definition) is 1. The van der Waals surface area contributed by atoms with Gasteiger partial charge in [-0.1, -0.05) is 60.7 Å². The van der Waals surface area contributed by atoms with Crippen molar-refractivity contribution < 1.29 is 14.3 Å². The quantitative estimate of drug-likeness (QED) is 0.299. The number of likely N-dealkylation sites (tertiary alicyclic amines) is 1. The third-order valence-corrected chi connectivity index (χ3v) is 7.13. The lowest BCUT2D eigenvalue weighted by Gasteiger charge is -2.22. The number of amides is 1. The van der Waals surface area contributed by atoms with Crippen molar-refractivity contribution in [3.63, 3.8) is 0 Å². The van der Waals surface area contributed by atoms with Gasteiger partial charge in [-0.15, -0.1) is 5.10 Å². The fourth-order valence-corrected chi connectivity index (χ4v) is 5.14. The molecule has 1 atom stereocenters. The van der Waals surface area contributed by atoms with Gasteiger partial charge in [-0.25, -0.2) is 14.3 Å². The lowest BCUT2D eigenvalue weighted by Crippen LogP contribution is -2.41. The summed E-state index contributed by atoms with van der Waals surface area (Å²) in [6, 6.07) is 23.4. The summed E-state index contributed by atoms with van der Waals surface area (Å²) in [5, 5.41) is 8.29. The van der Waals surface area contributed by atoms with Crippen LogP contribution in [0.5, 0.6) is 0 Å². The third kappa shape index (κ3) is 4.89. The highest BCUT2D eigenvalue weighted by atomic mass is 16.5. The number of carbonyl (C=O) groups is 2. The van der Waals surface area contributed by atoms with E-state index in [1.807, 2.05) is 48.7 Å². The minimum Gasteiger partial charge on any atom is -0.467 e. The number of hydrogen-bond acceptors (Lipinski definition) is 7. The van der Waals surface area contributed by atoms with Crippen LogP contribution in [0.15, 0.2) is 91.4 Å². The Morgan fingerprint density at radius 1 is 1.00 bits per heavy atom. The minimum absolute atomic E-state index is 0.266. The summed E-state index contributed by atoms with van der Waals surface area (Å²) >= 11 is 0. The summed E-state index contributed by atoms with van der Waals surface area (Å²) in [6.07, 6.45) is 6.38. The third-order valence-electron chi connectivity index (χ3n) is 7.13. The molecule has 9 heteroatoms. The smallest absolute Gasteiger partial charge is 0.328 e. The lowest BCUT2D eigenvalue weighted by atomic mass is 10.1. The molecule has 1 N–H and O–H groups in total. The van der Waals surface area contributed by atoms with Crippen molar-refractivity contribution in [1.82, 2.24) is 24.5 Å². The number of aromatic nitrogens is 4. The normalized spacial score (nSPS) is 14.8. The van der Waals surface area contributed by atoms with Crippen LogP contribution >= 0.6 is 0 Å². The van der Waals surface area contributed by atoms with Crippen molar-refractivity contribution in [3.05, 3.63) is 103 Å². The van der Waals surface area contributed by atoms with Gasteiger partial charge in [0.15, 0.2) is 11.6 Å². The number of pyridine rings is 1. The molecule has 3 aromatic heterocycles. The van der Waals surface area contributed by atoms with Gasteiger partial charge in [-0.3, -0.25) is 9.78 Å². The lowest BCUT2D eigenvalue weighted by molar-refractivity contribution is -0.145. The molecule has 9 nitrogen and oxygen atoms in total. The largest absolute Gasteiger partial charge is 0.467 e. The second kappa shape index (κ2) is 11.0. The van der Waals surface area contributed by atoms with Crippen molar-refractivity contribution >= 4 is 23.2 Å². The molecule has 0 aliphatic carbocycles. The topological polar surface area (TPSA) is 102 Å². The molecule has 40 heavy (non-hydrogen) atoms. The predicted molar refractivity (Wildman–Crippen MR) is 151 cm³/mol. The molecule has 1 aliphatic heterocycles. The number of nitrogens with one attached hydrogen (secondary N) is 1. The Bertz CT molecular complexity index is 1670. The maximum absolute atomic E-state index is 13.4. The van der Waals surface area contributed by atoms with Crippen LogP contribution < -0.4 is 5.32 Å². The van der Waals surface area contributed by atoms with Crippen molar-refractivity contribution in [2.45, 2.75) is 25.4 Å². The zero-order chi connectivity index (χ0) is 27.5. The van der Waals surface area contributed by atoms with E-state index in [0.717, 1.165) is 28.6 Å². The number of benzene rings is 2. The average Bonchev–Trinajstić information content (AvgIpc) is 3.68. The molecule has 200 valence electrons. The molecule has 2 aromatic carbocycles. The highest BCUT2D eigenvalue weighted by Crippen LogP contribution is 2.31. The molecule has 0 bridgehead atoms. The summed E-state index contributed by atoms with van der Waals surface area (Å²) in [7, 11) is 1.34. The first kappa shape index (κ1) is 25.2. The van der Waals surface area contributed by atoms with Gasteiger partial charge >= 0.3 is 5.97 Å². The minimum atomic E-state index is -0.584. The number of anilines is 1. The fraction of sp³-hybridized carbons (Fsp3) is 0.194. The molecule has 1 amide bonds. The summed E-state index contributed by atoms with van der Waals surface area (Å²) in [5.74, 6) is 0.420. The van der Waals surface area contributed by atoms with Gasteiger partial charge in [0.1, 0.15) is 11.6 Å². The summed E-state index contributed by atoms with van der Waals surface area (Å²) in [6.45, 7) is 1.07. The van der Waals surface area contributed by atoms with Crippen LogP contribution in [0, 0.1) is 0 Å². The zero-order valence-electron chi connectivity index (χ0n) is 22.0. The fourth-order valence-electron chi connectivity index (χ4n) is 5.14. The van der Waals surface area contributed by atoms with E-state index in [1.54, 1.807) is 21.7 Å². The first-order chi connectivity index (χ1) is 19.6. The van der Waals surface area contributed by atoms with Crippen molar-refractivity contribution in [3.8, 4) is 22.5 Å². The van der Waals surface area contributed by atoms with E-state index in [2.05, 4.69) is 34.6 Å². The Morgan fingerprint density at radius 3 is 2.55 bits per heavy atom. The van der Waals surface area contributed by atoms with Crippen molar-refractivity contribution in [1.29, 1.82) is 0 Å². The molecule has 1 unspecified atom stereocenters. The van der Waals surface area contributed by atoms with Crippen LogP contribution in [0.25, 0.3) is 28.0 Å². The van der Waals surface area contributed by atoms with E-state index in [0.29, 0.717) is 42.3 Å². The number of ether oxygens (including phenoxy) is 1. The monoisotopic (exact) mass is 532 g/mol. The maximum Gasteiger partial charge on any atom is 0.328 e. The Hall–Kier alpha value is -5.05. The van der Waals surface area contributed by atoms with E-state index >= 15 is 0 Å². The molecule has 1 aliphatic rings. The van der Waals surface area contributed by atoms with E-state index in [-0.39, 0.29) is 5.91 Å². The van der Waals surface area contributed by atoms with E-state index in [1.165, 1.54) is 13.3 Å². The number of rotatable bonds is 7. The Kier molecular flexibility index (Phi) is 6.93. The van der Waals surface area contributed by atoms with Gasteiger partial charge in [0.2, 0.25) is 0 Å². The Balaban J connectivity index is 1.39.